The van der Waals surface area contributed by atoms with Crippen molar-refractivity contribution in [1.82, 2.24) is 14.8 Å². The minimum absolute atomic E-state index is 0.118. The predicted octanol–water partition coefficient (Wildman–Crippen LogP) is 4.57. The van der Waals surface area contributed by atoms with Gasteiger partial charge in [0, 0.05) is 17.4 Å². The number of rotatable bonds is 5. The van der Waals surface area contributed by atoms with Crippen LogP contribution in [0, 0.1) is 18.6 Å². The Balaban J connectivity index is 1.78. The molecule has 0 aliphatic heterocycles. The molecular formula is C17H14F5N5. The largest absolute Gasteiger partial charge is 0.405 e. The summed E-state index contributed by atoms with van der Waals surface area (Å²) in [4.78, 5) is 3.99. The zero-order valence-corrected chi connectivity index (χ0v) is 14.0. The Morgan fingerprint density at radius 1 is 0.963 bits per heavy atom. The highest BCUT2D eigenvalue weighted by molar-refractivity contribution is 5.63. The predicted molar refractivity (Wildman–Crippen MR) is 90.3 cm³/mol. The summed E-state index contributed by atoms with van der Waals surface area (Å²) in [6.07, 6.45) is -3.08. The van der Waals surface area contributed by atoms with Gasteiger partial charge >= 0.3 is 6.18 Å². The fourth-order valence-electron chi connectivity index (χ4n) is 2.40. The van der Waals surface area contributed by atoms with Crippen molar-refractivity contribution >= 4 is 17.3 Å². The average Bonchev–Trinajstić information content (AvgIpc) is 2.99. The number of aryl methyl sites for hydroxylation is 1. The molecule has 2 aromatic carbocycles. The minimum Gasteiger partial charge on any atom is -0.376 e. The lowest BCUT2D eigenvalue weighted by Gasteiger charge is -2.12. The monoisotopic (exact) mass is 383 g/mol. The molecule has 3 rings (SSSR count). The molecule has 0 radical (unpaired) electrons. The van der Waals surface area contributed by atoms with E-state index in [1.165, 1.54) is 17.1 Å². The maximum Gasteiger partial charge on any atom is 0.405 e. The number of nitrogens with one attached hydrogen (secondary N) is 2. The van der Waals surface area contributed by atoms with E-state index in [0.717, 1.165) is 23.8 Å². The van der Waals surface area contributed by atoms with Crippen LogP contribution in [0.3, 0.4) is 0 Å². The van der Waals surface area contributed by atoms with Crippen molar-refractivity contribution in [2.24, 2.45) is 0 Å². The van der Waals surface area contributed by atoms with Crippen LogP contribution in [0.5, 0.6) is 0 Å². The first-order chi connectivity index (χ1) is 12.7. The molecule has 5 nitrogen and oxygen atoms in total. The lowest BCUT2D eigenvalue weighted by Crippen LogP contribution is -2.21. The Labute approximate surface area is 150 Å². The van der Waals surface area contributed by atoms with Gasteiger partial charge in [0.25, 0.3) is 0 Å². The highest BCUT2D eigenvalue weighted by Crippen LogP contribution is 2.23. The quantitative estimate of drug-likeness (QED) is 0.634. The number of hydrogen-bond donors (Lipinski definition) is 2. The summed E-state index contributed by atoms with van der Waals surface area (Å²) in [5.74, 6) is -1.39. The van der Waals surface area contributed by atoms with E-state index in [1.807, 2.05) is 0 Å². The van der Waals surface area contributed by atoms with Gasteiger partial charge in [0.1, 0.15) is 24.5 Å². The molecule has 0 bridgehead atoms. The van der Waals surface area contributed by atoms with Gasteiger partial charge in [-0.25, -0.2) is 13.5 Å². The number of anilines is 3. The Kier molecular flexibility index (Phi) is 4.98. The Hall–Kier alpha value is -3.17. The normalized spacial score (nSPS) is 11.5. The topological polar surface area (TPSA) is 54.8 Å². The molecule has 0 amide bonds. The fourth-order valence-corrected chi connectivity index (χ4v) is 2.40. The summed E-state index contributed by atoms with van der Waals surface area (Å²) in [6.45, 7) is 0.569. The molecule has 10 heteroatoms. The second-order valence-electron chi connectivity index (χ2n) is 5.82. The van der Waals surface area contributed by atoms with Crippen molar-refractivity contribution < 1.29 is 22.0 Å². The van der Waals surface area contributed by atoms with E-state index in [1.54, 1.807) is 19.1 Å². The van der Waals surface area contributed by atoms with E-state index in [9.17, 15) is 22.0 Å². The van der Waals surface area contributed by atoms with Crippen LogP contribution in [0.1, 0.15) is 5.56 Å². The highest BCUT2D eigenvalue weighted by Gasteiger charge is 2.26. The Morgan fingerprint density at radius 2 is 1.63 bits per heavy atom. The van der Waals surface area contributed by atoms with Crippen LogP contribution in [-0.2, 0) is 0 Å². The minimum atomic E-state index is -4.34. The van der Waals surface area contributed by atoms with Crippen LogP contribution in [-0.4, -0.2) is 27.5 Å². The molecule has 0 aliphatic rings. The van der Waals surface area contributed by atoms with Crippen molar-refractivity contribution in [3.05, 3.63) is 59.9 Å². The van der Waals surface area contributed by atoms with Gasteiger partial charge in [0.15, 0.2) is 0 Å². The van der Waals surface area contributed by atoms with Gasteiger partial charge in [-0.1, -0.05) is 0 Å². The van der Waals surface area contributed by atoms with E-state index in [0.29, 0.717) is 5.69 Å². The molecule has 27 heavy (non-hydrogen) atoms. The average molecular weight is 383 g/mol. The zero-order valence-electron chi connectivity index (χ0n) is 14.0. The van der Waals surface area contributed by atoms with Gasteiger partial charge in [0.05, 0.1) is 5.69 Å². The van der Waals surface area contributed by atoms with E-state index >= 15 is 0 Å². The molecule has 0 spiro atoms. The second-order valence-corrected chi connectivity index (χ2v) is 5.82. The van der Waals surface area contributed by atoms with Crippen LogP contribution < -0.4 is 10.6 Å². The van der Waals surface area contributed by atoms with E-state index < -0.39 is 24.4 Å². The molecule has 1 heterocycles. The van der Waals surface area contributed by atoms with E-state index in [-0.39, 0.29) is 17.3 Å². The molecule has 0 saturated heterocycles. The summed E-state index contributed by atoms with van der Waals surface area (Å²) < 4.78 is 64.9. The third kappa shape index (κ3) is 5.16. The molecule has 1 aromatic heterocycles. The second kappa shape index (κ2) is 7.22. The number of nitrogens with zero attached hydrogens (tertiary/aromatic N) is 3. The molecule has 0 fully saturated rings. The van der Waals surface area contributed by atoms with E-state index in [2.05, 4.69) is 20.7 Å². The van der Waals surface area contributed by atoms with Gasteiger partial charge in [-0.2, -0.15) is 18.2 Å². The molecule has 0 aliphatic carbocycles. The van der Waals surface area contributed by atoms with Crippen LogP contribution >= 0.6 is 0 Å². The van der Waals surface area contributed by atoms with Crippen molar-refractivity contribution in [2.45, 2.75) is 13.1 Å². The van der Waals surface area contributed by atoms with Crippen molar-refractivity contribution in [3.8, 4) is 5.69 Å². The third-order valence-corrected chi connectivity index (χ3v) is 3.43. The molecular weight excluding hydrogens is 369 g/mol. The molecule has 0 saturated carbocycles. The highest BCUT2D eigenvalue weighted by atomic mass is 19.4. The first kappa shape index (κ1) is 18.6. The lowest BCUT2D eigenvalue weighted by atomic mass is 10.2. The zero-order chi connectivity index (χ0) is 19.6. The number of aromatic nitrogens is 3. The summed E-state index contributed by atoms with van der Waals surface area (Å²) in [5, 5.41) is 9.21. The van der Waals surface area contributed by atoms with Gasteiger partial charge < -0.3 is 10.6 Å². The molecule has 3 aromatic rings. The first-order valence-electron chi connectivity index (χ1n) is 7.75. The number of benzene rings is 2. The lowest BCUT2D eigenvalue weighted by molar-refractivity contribution is -0.115. The number of alkyl halides is 3. The first-order valence-corrected chi connectivity index (χ1v) is 7.75. The molecule has 2 N–H and O–H groups in total. The maximum absolute atomic E-state index is 13.3. The summed E-state index contributed by atoms with van der Waals surface area (Å²) >= 11 is 0. The third-order valence-electron chi connectivity index (χ3n) is 3.43. The number of hydrogen-bond acceptors (Lipinski definition) is 4. The van der Waals surface area contributed by atoms with E-state index in [4.69, 9.17) is 0 Å². The SMILES string of the molecule is Cc1cc(NCC(F)(F)F)cc(Nc2ncn(-c3cc(F)cc(F)c3)n2)c1. The van der Waals surface area contributed by atoms with Crippen molar-refractivity contribution in [1.29, 1.82) is 0 Å². The Bertz CT molecular complexity index is 931. The van der Waals surface area contributed by atoms with Crippen LogP contribution in [0.2, 0.25) is 0 Å². The number of halogens is 5. The van der Waals surface area contributed by atoms with Gasteiger partial charge in [0.2, 0.25) is 5.95 Å². The van der Waals surface area contributed by atoms with Crippen LogP contribution in [0.4, 0.5) is 39.3 Å². The molecule has 0 unspecified atom stereocenters. The summed E-state index contributed by atoms with van der Waals surface area (Å²) in [5.41, 5.74) is 1.60. The van der Waals surface area contributed by atoms with Gasteiger partial charge in [-0.05, 0) is 42.8 Å². The summed E-state index contributed by atoms with van der Waals surface area (Å²) in [7, 11) is 0. The molecule has 142 valence electrons. The van der Waals surface area contributed by atoms with Crippen molar-refractivity contribution in [3.63, 3.8) is 0 Å². The Morgan fingerprint density at radius 3 is 2.30 bits per heavy atom. The van der Waals surface area contributed by atoms with Gasteiger partial charge in [-0.3, -0.25) is 0 Å². The molecule has 0 atom stereocenters. The maximum atomic E-state index is 13.3. The van der Waals surface area contributed by atoms with Crippen LogP contribution in [0.15, 0.2) is 42.7 Å². The van der Waals surface area contributed by atoms with Crippen molar-refractivity contribution in [2.75, 3.05) is 17.2 Å². The summed E-state index contributed by atoms with van der Waals surface area (Å²) in [6, 6.07) is 7.66. The fraction of sp³-hybridized carbons (Fsp3) is 0.176. The standard InChI is InChI=1S/C17H14F5N5/c1-10-2-13(23-8-17(20,21)22)7-14(3-10)25-16-24-9-27(26-16)15-5-11(18)4-12(19)6-15/h2-7,9,23H,8H2,1H3,(H,25,26). The van der Waals surface area contributed by atoms with Gasteiger partial charge in [-0.15, -0.1) is 5.10 Å². The smallest absolute Gasteiger partial charge is 0.376 e. The van der Waals surface area contributed by atoms with Crippen LogP contribution in [0.25, 0.3) is 5.69 Å².